The van der Waals surface area contributed by atoms with Crippen LogP contribution >= 0.6 is 54.5 Å². The molecule has 0 spiro atoms. The molecule has 0 aromatic heterocycles. The molecule has 5 nitrogen and oxygen atoms in total. The average molecular weight is 557 g/mol. The molecular formula is C15H12Br2INO4. The number of carboxylic acids is 1. The minimum Gasteiger partial charge on any atom is -0.507 e. The summed E-state index contributed by atoms with van der Waals surface area (Å²) in [6.45, 7) is 0. The van der Waals surface area contributed by atoms with Crippen molar-refractivity contribution < 1.29 is 19.7 Å². The van der Waals surface area contributed by atoms with Crippen LogP contribution in [0, 0.1) is 3.57 Å². The number of hydrogen-bond acceptors (Lipinski definition) is 4. The molecular weight excluding hydrogens is 545 g/mol. The number of carbonyl (C=O) groups is 1. The maximum Gasteiger partial charge on any atom is 0.320 e. The second-order valence-corrected chi connectivity index (χ2v) is 7.62. The van der Waals surface area contributed by atoms with Crippen molar-refractivity contribution in [3.63, 3.8) is 0 Å². The summed E-state index contributed by atoms with van der Waals surface area (Å²) < 4.78 is 7.84. The van der Waals surface area contributed by atoms with Gasteiger partial charge in [-0.3, -0.25) is 4.79 Å². The summed E-state index contributed by atoms with van der Waals surface area (Å²) >= 11 is 8.85. The fraction of sp³-hybridized carbons (Fsp3) is 0.133. The summed E-state index contributed by atoms with van der Waals surface area (Å²) in [7, 11) is 0. The molecule has 4 N–H and O–H groups in total. The number of phenols is 1. The van der Waals surface area contributed by atoms with Gasteiger partial charge in [0.25, 0.3) is 0 Å². The summed E-state index contributed by atoms with van der Waals surface area (Å²) in [4.78, 5) is 10.8. The lowest BCUT2D eigenvalue weighted by Gasteiger charge is -2.13. The molecule has 0 saturated heterocycles. The lowest BCUT2D eigenvalue weighted by atomic mass is 10.1. The number of ether oxygens (including phenoxy) is 1. The molecule has 0 saturated carbocycles. The summed E-state index contributed by atoms with van der Waals surface area (Å²) in [6.07, 6.45) is 0.212. The quantitative estimate of drug-likeness (QED) is 0.479. The van der Waals surface area contributed by atoms with E-state index in [1.807, 2.05) is 22.6 Å². The number of aromatic hydroxyl groups is 1. The van der Waals surface area contributed by atoms with Crippen LogP contribution in [0.15, 0.2) is 39.3 Å². The van der Waals surface area contributed by atoms with Gasteiger partial charge in [-0.2, -0.15) is 0 Å². The van der Waals surface area contributed by atoms with Crippen LogP contribution < -0.4 is 10.5 Å². The number of benzene rings is 2. The third kappa shape index (κ3) is 4.82. The van der Waals surface area contributed by atoms with Crippen molar-refractivity contribution in [3.8, 4) is 17.2 Å². The van der Waals surface area contributed by atoms with Gasteiger partial charge in [-0.25, -0.2) is 0 Å². The van der Waals surface area contributed by atoms with Crippen molar-refractivity contribution in [1.82, 2.24) is 0 Å². The molecule has 0 aliphatic carbocycles. The standard InChI is InChI=1S/C15H12Br2INO4/c16-9-3-7(5-12(19)15(21)22)4-10(17)14(9)23-8-1-2-13(20)11(18)6-8/h1-4,6,12,20H,5,19H2,(H,21,22)/t12-/m0/s1. The predicted octanol–water partition coefficient (Wildman–Crippen LogP) is 4.27. The number of phenolic OH excluding ortho intramolecular Hbond substituents is 1. The van der Waals surface area contributed by atoms with Gasteiger partial charge in [0.2, 0.25) is 0 Å². The Kier molecular flexibility index (Phi) is 6.29. The molecule has 2 aromatic rings. The third-order valence-electron chi connectivity index (χ3n) is 2.97. The van der Waals surface area contributed by atoms with Crippen LogP contribution in [0.2, 0.25) is 0 Å². The molecule has 0 unspecified atom stereocenters. The molecule has 23 heavy (non-hydrogen) atoms. The Morgan fingerprint density at radius 2 is 1.87 bits per heavy atom. The van der Waals surface area contributed by atoms with Gasteiger partial charge in [0.05, 0.1) is 12.5 Å². The van der Waals surface area contributed by atoms with E-state index in [9.17, 15) is 9.90 Å². The van der Waals surface area contributed by atoms with Crippen molar-refractivity contribution in [3.05, 3.63) is 48.4 Å². The van der Waals surface area contributed by atoms with E-state index in [0.717, 1.165) is 5.56 Å². The van der Waals surface area contributed by atoms with E-state index >= 15 is 0 Å². The van der Waals surface area contributed by atoms with Crippen molar-refractivity contribution in [1.29, 1.82) is 0 Å². The van der Waals surface area contributed by atoms with E-state index in [1.165, 1.54) is 0 Å². The Labute approximate surface area is 163 Å². The van der Waals surface area contributed by atoms with Gasteiger partial charge in [0, 0.05) is 0 Å². The zero-order chi connectivity index (χ0) is 17.1. The largest absolute Gasteiger partial charge is 0.507 e. The van der Waals surface area contributed by atoms with E-state index in [1.54, 1.807) is 30.3 Å². The van der Waals surface area contributed by atoms with E-state index in [0.29, 0.717) is 24.0 Å². The molecule has 0 bridgehead atoms. The van der Waals surface area contributed by atoms with Crippen molar-refractivity contribution in [2.24, 2.45) is 5.73 Å². The van der Waals surface area contributed by atoms with Crippen LogP contribution in [0.4, 0.5) is 0 Å². The number of hydrogen-bond donors (Lipinski definition) is 3. The van der Waals surface area contributed by atoms with Crippen molar-refractivity contribution in [2.75, 3.05) is 0 Å². The number of rotatable bonds is 5. The highest BCUT2D eigenvalue weighted by molar-refractivity contribution is 14.1. The van der Waals surface area contributed by atoms with Crippen molar-refractivity contribution in [2.45, 2.75) is 12.5 Å². The third-order valence-corrected chi connectivity index (χ3v) is 5.01. The zero-order valence-corrected chi connectivity index (χ0v) is 16.9. The van der Waals surface area contributed by atoms with Gasteiger partial charge in [-0.1, -0.05) is 0 Å². The zero-order valence-electron chi connectivity index (χ0n) is 11.6. The first kappa shape index (κ1) is 18.5. The van der Waals surface area contributed by atoms with Crippen LogP contribution in [0.25, 0.3) is 0 Å². The molecule has 2 aromatic carbocycles. The first-order chi connectivity index (χ1) is 10.8. The van der Waals surface area contributed by atoms with E-state index in [4.69, 9.17) is 15.6 Å². The SMILES string of the molecule is N[C@@H](Cc1cc(Br)c(Oc2ccc(O)c(I)c2)c(Br)c1)C(=O)O. The van der Waals surface area contributed by atoms with Crippen LogP contribution in [-0.4, -0.2) is 22.2 Å². The fourth-order valence-electron chi connectivity index (χ4n) is 1.84. The normalized spacial score (nSPS) is 12.0. The molecule has 2 rings (SSSR count). The number of nitrogens with two attached hydrogens (primary N) is 1. The van der Waals surface area contributed by atoms with Gasteiger partial charge >= 0.3 is 5.97 Å². The fourth-order valence-corrected chi connectivity index (χ4v) is 3.77. The maximum absolute atomic E-state index is 10.8. The van der Waals surface area contributed by atoms with Crippen LogP contribution in [0.1, 0.15) is 5.56 Å². The Balaban J connectivity index is 2.26. The highest BCUT2D eigenvalue weighted by Crippen LogP contribution is 2.39. The Morgan fingerprint density at radius 1 is 1.26 bits per heavy atom. The van der Waals surface area contributed by atoms with Gasteiger partial charge in [-0.05, 0) is 96.8 Å². The highest BCUT2D eigenvalue weighted by Gasteiger charge is 2.16. The number of carboxylic acid groups (broad SMARTS) is 1. The molecule has 0 aliphatic heterocycles. The first-order valence-corrected chi connectivity index (χ1v) is 9.07. The number of aliphatic carboxylic acids is 1. The second-order valence-electron chi connectivity index (χ2n) is 4.75. The predicted molar refractivity (Wildman–Crippen MR) is 102 cm³/mol. The molecule has 0 radical (unpaired) electrons. The summed E-state index contributed by atoms with van der Waals surface area (Å²) in [5, 5.41) is 18.4. The van der Waals surface area contributed by atoms with Gasteiger partial charge < -0.3 is 20.7 Å². The lowest BCUT2D eigenvalue weighted by Crippen LogP contribution is -2.32. The second kappa shape index (κ2) is 7.82. The molecule has 1 atom stereocenters. The Hall–Kier alpha value is -0.840. The summed E-state index contributed by atoms with van der Waals surface area (Å²) in [5.74, 6) is 0.271. The van der Waals surface area contributed by atoms with Crippen molar-refractivity contribution >= 4 is 60.4 Å². The molecule has 122 valence electrons. The Morgan fingerprint density at radius 3 is 2.39 bits per heavy atom. The van der Waals surface area contributed by atoms with Crippen LogP contribution in [0.5, 0.6) is 17.2 Å². The average Bonchev–Trinajstić information content (AvgIpc) is 2.46. The smallest absolute Gasteiger partial charge is 0.320 e. The van der Waals surface area contributed by atoms with Gasteiger partial charge in [0.15, 0.2) is 5.75 Å². The summed E-state index contributed by atoms with van der Waals surface area (Å²) in [5.41, 5.74) is 6.32. The topological polar surface area (TPSA) is 92.8 Å². The monoisotopic (exact) mass is 555 g/mol. The number of halogens is 3. The minimum absolute atomic E-state index is 0.189. The van der Waals surface area contributed by atoms with Crippen LogP contribution in [-0.2, 0) is 11.2 Å². The Bertz CT molecular complexity index is 731. The summed E-state index contributed by atoms with van der Waals surface area (Å²) in [6, 6.07) is 7.51. The molecule has 0 fully saturated rings. The van der Waals surface area contributed by atoms with E-state index < -0.39 is 12.0 Å². The van der Waals surface area contributed by atoms with Crippen LogP contribution in [0.3, 0.4) is 0 Å². The highest BCUT2D eigenvalue weighted by atomic mass is 127. The first-order valence-electron chi connectivity index (χ1n) is 6.40. The lowest BCUT2D eigenvalue weighted by molar-refractivity contribution is -0.138. The maximum atomic E-state index is 10.8. The van der Waals surface area contributed by atoms with E-state index in [2.05, 4.69) is 31.9 Å². The molecule has 0 aliphatic rings. The van der Waals surface area contributed by atoms with E-state index in [-0.39, 0.29) is 12.2 Å². The van der Waals surface area contributed by atoms with Gasteiger partial charge in [-0.15, -0.1) is 0 Å². The minimum atomic E-state index is -1.05. The molecule has 0 heterocycles. The molecule has 8 heteroatoms. The van der Waals surface area contributed by atoms with Gasteiger partial charge in [0.1, 0.15) is 17.5 Å². The molecule has 0 amide bonds.